The van der Waals surface area contributed by atoms with Crippen LogP contribution < -0.4 is 0 Å². The minimum Gasteiger partial charge on any atom is -0.462 e. The first-order chi connectivity index (χ1) is 30.2. The quantitative estimate of drug-likeness (QED) is 0.0197. The van der Waals surface area contributed by atoms with Crippen LogP contribution in [0.4, 0.5) is 0 Å². The smallest absolute Gasteiger partial charge is 0.462 e. The average Bonchev–Trinajstić information content (AvgIpc) is 3.25. The molecule has 0 aromatic carbocycles. The zero-order valence-electron chi connectivity index (χ0n) is 39.1. The molecule has 0 aliphatic rings. The molecule has 0 bridgehead atoms. The van der Waals surface area contributed by atoms with Crippen molar-refractivity contribution in [2.45, 2.75) is 213 Å². The van der Waals surface area contributed by atoms with Gasteiger partial charge in [0.05, 0.1) is 19.8 Å². The molecule has 0 radical (unpaired) electrons. The van der Waals surface area contributed by atoms with Crippen molar-refractivity contribution in [3.63, 3.8) is 0 Å². The van der Waals surface area contributed by atoms with Crippen LogP contribution in [-0.4, -0.2) is 66.5 Å². The molecule has 358 valence electrons. The lowest BCUT2D eigenvalue weighted by Crippen LogP contribution is -2.30. The van der Waals surface area contributed by atoms with Gasteiger partial charge >= 0.3 is 25.7 Å². The van der Waals surface area contributed by atoms with Crippen LogP contribution >= 0.6 is 7.82 Å². The molecule has 0 aliphatic carbocycles. The van der Waals surface area contributed by atoms with E-state index in [0.29, 0.717) is 19.3 Å². The molecule has 62 heavy (non-hydrogen) atoms. The van der Waals surface area contributed by atoms with Crippen LogP contribution in [0.2, 0.25) is 0 Å². The largest absolute Gasteiger partial charge is 0.472 e. The lowest BCUT2D eigenvalue weighted by atomic mass is 10.1. The number of carbonyl (C=O) groups is 3. The van der Waals surface area contributed by atoms with Gasteiger partial charge in [-0.1, -0.05) is 178 Å². The summed E-state index contributed by atoms with van der Waals surface area (Å²) in [5.41, 5.74) is 0. The lowest BCUT2D eigenvalue weighted by Gasteiger charge is -2.21. The Morgan fingerprint density at radius 1 is 0.468 bits per heavy atom. The molecule has 0 aromatic rings. The van der Waals surface area contributed by atoms with E-state index in [4.69, 9.17) is 23.3 Å². The minimum absolute atomic E-state index is 0.104. The van der Waals surface area contributed by atoms with Crippen molar-refractivity contribution < 1.29 is 52.2 Å². The number of unbranched alkanes of at least 4 members (excludes halogenated alkanes) is 17. The molecule has 0 amide bonds. The highest BCUT2D eigenvalue weighted by Gasteiger charge is 2.28. The summed E-state index contributed by atoms with van der Waals surface area (Å²) >= 11 is 0. The Labute approximate surface area is 376 Å². The highest BCUT2D eigenvalue weighted by Crippen LogP contribution is 2.43. The Hall–Kier alpha value is -2.82. The fourth-order valence-corrected chi connectivity index (χ4v) is 7.02. The molecule has 0 saturated carbocycles. The van der Waals surface area contributed by atoms with Crippen molar-refractivity contribution in [2.24, 2.45) is 0 Å². The summed E-state index contributed by atoms with van der Waals surface area (Å²) in [6.45, 7) is 4.36. The van der Waals surface area contributed by atoms with Crippen molar-refractivity contribution in [3.8, 4) is 0 Å². The monoisotopic (exact) mass is 895 g/mol. The van der Waals surface area contributed by atoms with Gasteiger partial charge in [0.25, 0.3) is 0 Å². The molecule has 12 heteroatoms. The molecule has 0 spiro atoms. The van der Waals surface area contributed by atoms with Crippen molar-refractivity contribution in [1.29, 1.82) is 0 Å². The first-order valence-electron chi connectivity index (χ1n) is 24.2. The maximum Gasteiger partial charge on any atom is 0.472 e. The number of esters is 3. The first kappa shape index (κ1) is 59.2. The summed E-state index contributed by atoms with van der Waals surface area (Å²) in [7, 11) is -4.75. The second kappa shape index (κ2) is 44.8. The van der Waals surface area contributed by atoms with E-state index < -0.39 is 57.8 Å². The van der Waals surface area contributed by atoms with Crippen LogP contribution in [0.5, 0.6) is 0 Å². The molecule has 11 nitrogen and oxygen atoms in total. The number of carbonyl (C=O) groups excluding carboxylic acids is 3. The number of allylic oxidation sites excluding steroid dienone is 10. The van der Waals surface area contributed by atoms with E-state index in [-0.39, 0.29) is 25.9 Å². The van der Waals surface area contributed by atoms with Crippen molar-refractivity contribution in [3.05, 3.63) is 60.8 Å². The molecular formula is C50H87O11P. The Morgan fingerprint density at radius 3 is 1.40 bits per heavy atom. The molecule has 0 aliphatic heterocycles. The van der Waals surface area contributed by atoms with E-state index in [1.165, 1.54) is 57.8 Å². The molecule has 2 N–H and O–H groups in total. The number of aliphatic hydroxyl groups is 1. The number of phosphoric ester groups is 1. The second-order valence-electron chi connectivity index (χ2n) is 15.9. The van der Waals surface area contributed by atoms with Gasteiger partial charge in [0.15, 0.2) is 6.10 Å². The van der Waals surface area contributed by atoms with Gasteiger partial charge in [0.1, 0.15) is 12.7 Å². The van der Waals surface area contributed by atoms with Gasteiger partial charge in [-0.15, -0.1) is 0 Å². The number of hydrogen-bond acceptors (Lipinski definition) is 10. The summed E-state index contributed by atoms with van der Waals surface area (Å²) < 4.78 is 39.1. The van der Waals surface area contributed by atoms with E-state index in [1.54, 1.807) is 0 Å². The van der Waals surface area contributed by atoms with E-state index in [1.807, 2.05) is 12.2 Å². The molecule has 3 unspecified atom stereocenters. The maximum absolute atomic E-state index is 12.8. The third kappa shape index (κ3) is 42.5. The second-order valence-corrected chi connectivity index (χ2v) is 17.3. The van der Waals surface area contributed by atoms with Crippen LogP contribution in [0.1, 0.15) is 201 Å². The van der Waals surface area contributed by atoms with Crippen molar-refractivity contribution >= 4 is 25.7 Å². The number of ether oxygens (including phenoxy) is 3. The van der Waals surface area contributed by atoms with Crippen LogP contribution in [0.25, 0.3) is 0 Å². The Bertz CT molecular complexity index is 1280. The predicted octanol–water partition coefficient (Wildman–Crippen LogP) is 13.2. The average molecular weight is 895 g/mol. The summed E-state index contributed by atoms with van der Waals surface area (Å²) in [6.07, 6.45) is 45.1. The van der Waals surface area contributed by atoms with Gasteiger partial charge in [-0.05, 0) is 64.2 Å². The van der Waals surface area contributed by atoms with E-state index in [2.05, 4.69) is 69.4 Å². The predicted molar refractivity (Wildman–Crippen MR) is 252 cm³/mol. The first-order valence-corrected chi connectivity index (χ1v) is 25.7. The van der Waals surface area contributed by atoms with Crippen LogP contribution in [0.15, 0.2) is 60.8 Å². The standard InChI is InChI=1S/C50H87O11P/c1-4-7-10-13-16-19-22-23-26-27-30-33-36-39-48(52)57-43-47(61-50(54)41-38-35-32-29-25-21-18-15-12-9-6-3)45-59-62(55,56)58-44-46(42-51)60-49(53)40-37-34-31-28-24-20-17-14-11-8-5-2/h7,10,15-16,18-19,23,26,30,33,46-47,51H,4-6,8-9,11-14,17,20-22,24-25,27-29,31-32,34-45H2,1-3H3,(H,55,56)/b10-7-,18-15-,19-16-,26-23-,33-30-. The zero-order chi connectivity index (χ0) is 45.6. The molecule has 0 aromatic heterocycles. The highest BCUT2D eigenvalue weighted by molar-refractivity contribution is 7.47. The number of aliphatic hydroxyl groups excluding tert-OH is 1. The minimum atomic E-state index is -4.75. The molecule has 0 saturated heterocycles. The van der Waals surface area contributed by atoms with Crippen molar-refractivity contribution in [2.75, 3.05) is 26.4 Å². The van der Waals surface area contributed by atoms with Crippen LogP contribution in [0, 0.1) is 0 Å². The molecule has 0 heterocycles. The van der Waals surface area contributed by atoms with Gasteiger partial charge in [0.2, 0.25) is 0 Å². The molecule has 0 fully saturated rings. The van der Waals surface area contributed by atoms with Crippen LogP contribution in [-0.2, 0) is 42.2 Å². The summed E-state index contributed by atoms with van der Waals surface area (Å²) in [5, 5.41) is 9.73. The van der Waals surface area contributed by atoms with Crippen molar-refractivity contribution in [1.82, 2.24) is 0 Å². The number of hydrogen-bond donors (Lipinski definition) is 2. The zero-order valence-corrected chi connectivity index (χ0v) is 40.0. The summed E-state index contributed by atoms with van der Waals surface area (Å²) in [4.78, 5) is 48.0. The SMILES string of the molecule is CC/C=C\C/C=C\C/C=C\C/C=C\CCC(=O)OCC(COP(=O)(O)OCC(CO)OC(=O)CCCCCCCCCCCCC)OC(=O)CCCCCCC/C=C\CCCC. The normalized spacial score (nSPS) is 14.1. The number of phosphoric acid groups is 1. The lowest BCUT2D eigenvalue weighted by molar-refractivity contribution is -0.161. The molecular weight excluding hydrogens is 808 g/mol. The van der Waals surface area contributed by atoms with E-state index in [9.17, 15) is 28.9 Å². The third-order valence-electron chi connectivity index (χ3n) is 9.94. The highest BCUT2D eigenvalue weighted by atomic mass is 31.2. The van der Waals surface area contributed by atoms with Gasteiger partial charge < -0.3 is 24.2 Å². The maximum atomic E-state index is 12.8. The molecule has 0 rings (SSSR count). The summed E-state index contributed by atoms with van der Waals surface area (Å²) in [5.74, 6) is -1.58. The Morgan fingerprint density at radius 2 is 0.887 bits per heavy atom. The summed E-state index contributed by atoms with van der Waals surface area (Å²) in [6, 6.07) is 0. The van der Waals surface area contributed by atoms with Gasteiger partial charge in [-0.3, -0.25) is 23.4 Å². The van der Waals surface area contributed by atoms with E-state index in [0.717, 1.165) is 83.5 Å². The fourth-order valence-electron chi connectivity index (χ4n) is 6.23. The number of rotatable bonds is 44. The van der Waals surface area contributed by atoms with E-state index >= 15 is 0 Å². The topological polar surface area (TPSA) is 155 Å². The van der Waals surface area contributed by atoms with Gasteiger partial charge in [-0.2, -0.15) is 0 Å². The fraction of sp³-hybridized carbons (Fsp3) is 0.740. The van der Waals surface area contributed by atoms with Crippen LogP contribution in [0.3, 0.4) is 0 Å². The van der Waals surface area contributed by atoms with Gasteiger partial charge in [0, 0.05) is 19.3 Å². The molecule has 3 atom stereocenters. The third-order valence-corrected chi connectivity index (χ3v) is 10.9. The van der Waals surface area contributed by atoms with Gasteiger partial charge in [-0.25, -0.2) is 4.57 Å². The Balaban J connectivity index is 4.83. The Kier molecular flexibility index (Phi) is 42.7.